The van der Waals surface area contributed by atoms with Crippen molar-refractivity contribution < 1.29 is 0 Å². The van der Waals surface area contributed by atoms with Gasteiger partial charge in [-0.1, -0.05) is 177 Å². The molecular formula is C63H48N4S2. The molecule has 0 fully saturated rings. The van der Waals surface area contributed by atoms with Gasteiger partial charge < -0.3 is 9.88 Å². The number of fused-ring (bicyclic) bond motifs is 10. The van der Waals surface area contributed by atoms with Crippen molar-refractivity contribution in [1.29, 1.82) is 0 Å². The van der Waals surface area contributed by atoms with Gasteiger partial charge in [0, 0.05) is 66.0 Å². The Morgan fingerprint density at radius 2 is 1.16 bits per heavy atom. The van der Waals surface area contributed by atoms with Gasteiger partial charge in [-0.05, 0) is 117 Å². The summed E-state index contributed by atoms with van der Waals surface area (Å²) in [4.78, 5) is 9.99. The largest absolute Gasteiger partial charge is 0.388 e. The number of hydrogen-bond acceptors (Lipinski definition) is 5. The minimum atomic E-state index is 0.935. The average Bonchev–Trinajstić information content (AvgIpc) is 4.08. The predicted octanol–water partition coefficient (Wildman–Crippen LogP) is 18.4. The second-order valence-electron chi connectivity index (χ2n) is 16.7. The number of hydrogen-bond donors (Lipinski definition) is 1. The van der Waals surface area contributed by atoms with Crippen LogP contribution in [0.1, 0.15) is 19.4 Å². The molecule has 12 aromatic rings. The Morgan fingerprint density at radius 3 is 1.97 bits per heavy atom. The quantitative estimate of drug-likeness (QED) is 0.133. The van der Waals surface area contributed by atoms with Crippen molar-refractivity contribution in [2.75, 3.05) is 12.4 Å². The van der Waals surface area contributed by atoms with Crippen LogP contribution in [0.5, 0.6) is 0 Å². The van der Waals surface area contributed by atoms with Gasteiger partial charge in [0.1, 0.15) is 5.04 Å². The monoisotopic (exact) mass is 924 g/mol. The molecule has 332 valence electrons. The molecule has 6 heteroatoms. The molecule has 0 radical (unpaired) electrons. The summed E-state index contributed by atoms with van der Waals surface area (Å²) in [5.74, 6) is 0. The molecule has 0 saturated heterocycles. The van der Waals surface area contributed by atoms with E-state index < -0.39 is 0 Å². The summed E-state index contributed by atoms with van der Waals surface area (Å²) in [6.45, 7) is 7.59. The van der Waals surface area contributed by atoms with Crippen LogP contribution >= 0.6 is 23.1 Å². The summed E-state index contributed by atoms with van der Waals surface area (Å²) in [6.07, 6.45) is 1.79. The molecule has 3 heterocycles. The molecule has 4 nitrogen and oxygen atoms in total. The van der Waals surface area contributed by atoms with E-state index in [-0.39, 0.29) is 0 Å². The van der Waals surface area contributed by atoms with Crippen LogP contribution in [-0.4, -0.2) is 23.4 Å². The predicted molar refractivity (Wildman–Crippen MR) is 304 cm³/mol. The summed E-state index contributed by atoms with van der Waals surface area (Å²) in [5, 5.41) is 14.6. The van der Waals surface area contributed by atoms with E-state index in [4.69, 9.17) is 4.99 Å². The van der Waals surface area contributed by atoms with Gasteiger partial charge in [0.15, 0.2) is 0 Å². The number of para-hydroxylation sites is 1. The number of aromatic nitrogens is 1. The Bertz CT molecular complexity index is 3950. The van der Waals surface area contributed by atoms with Gasteiger partial charge in [-0.2, -0.15) is 0 Å². The molecular weight excluding hydrogens is 877 g/mol. The van der Waals surface area contributed by atoms with E-state index in [0.29, 0.717) is 0 Å². The van der Waals surface area contributed by atoms with E-state index >= 15 is 0 Å². The number of anilines is 1. The fourth-order valence-corrected chi connectivity index (χ4v) is 11.8. The van der Waals surface area contributed by atoms with Crippen LogP contribution in [0.3, 0.4) is 0 Å². The van der Waals surface area contributed by atoms with Crippen LogP contribution in [0.4, 0.5) is 11.4 Å². The van der Waals surface area contributed by atoms with Crippen molar-refractivity contribution in [2.24, 2.45) is 9.98 Å². The minimum Gasteiger partial charge on any atom is -0.388 e. The molecule has 0 atom stereocenters. The van der Waals surface area contributed by atoms with Crippen molar-refractivity contribution >= 4 is 115 Å². The number of benzene rings is 10. The zero-order valence-electron chi connectivity index (χ0n) is 38.6. The zero-order chi connectivity index (χ0) is 46.8. The lowest BCUT2D eigenvalue weighted by atomic mass is 10.0. The molecule has 69 heavy (non-hydrogen) atoms. The molecule has 1 N–H and O–H groups in total. The first-order chi connectivity index (χ1) is 34.1. The molecule has 0 amide bonds. The third-order valence-corrected chi connectivity index (χ3v) is 15.0. The van der Waals surface area contributed by atoms with Gasteiger partial charge >= 0.3 is 0 Å². The number of aliphatic imine (C=N–C) groups is 2. The van der Waals surface area contributed by atoms with Gasteiger partial charge in [-0.3, -0.25) is 4.99 Å². The minimum absolute atomic E-state index is 0.935. The molecule has 1 aliphatic heterocycles. The highest BCUT2D eigenvalue weighted by Crippen LogP contribution is 2.44. The molecule has 2 aromatic heterocycles. The maximum Gasteiger partial charge on any atom is 0.111 e. The first-order valence-electron chi connectivity index (χ1n) is 23.4. The molecule has 0 bridgehead atoms. The first-order valence-corrected chi connectivity index (χ1v) is 25.0. The number of rotatable bonds is 6. The van der Waals surface area contributed by atoms with Crippen LogP contribution in [-0.2, 0) is 0 Å². The van der Waals surface area contributed by atoms with Crippen molar-refractivity contribution in [1.82, 2.24) is 4.57 Å². The van der Waals surface area contributed by atoms with Gasteiger partial charge in [-0.25, -0.2) is 4.99 Å². The van der Waals surface area contributed by atoms with E-state index in [2.05, 4.69) is 216 Å². The Hall–Kier alpha value is -8.03. The van der Waals surface area contributed by atoms with Crippen LogP contribution in [0, 0.1) is 0 Å². The highest BCUT2D eigenvalue weighted by Gasteiger charge is 2.23. The second kappa shape index (κ2) is 18.9. The highest BCUT2D eigenvalue weighted by molar-refractivity contribution is 8.15. The van der Waals surface area contributed by atoms with Gasteiger partial charge in [0.25, 0.3) is 0 Å². The van der Waals surface area contributed by atoms with E-state index in [0.717, 1.165) is 16.3 Å². The summed E-state index contributed by atoms with van der Waals surface area (Å²) >= 11 is 3.54. The summed E-state index contributed by atoms with van der Waals surface area (Å²) < 4.78 is 5.06. The molecule has 0 spiro atoms. The van der Waals surface area contributed by atoms with E-state index in [1.54, 1.807) is 18.0 Å². The average molecular weight is 925 g/mol. The van der Waals surface area contributed by atoms with E-state index in [1.807, 2.05) is 50.4 Å². The molecule has 0 aliphatic carbocycles. The third-order valence-electron chi connectivity index (χ3n) is 12.8. The normalized spacial score (nSPS) is 13.2. The Kier molecular flexibility index (Phi) is 11.9. The van der Waals surface area contributed by atoms with Crippen molar-refractivity contribution in [3.63, 3.8) is 0 Å². The number of thioether (sulfide) groups is 1. The second-order valence-corrected chi connectivity index (χ2v) is 18.8. The molecule has 0 unspecified atom stereocenters. The highest BCUT2D eigenvalue weighted by atomic mass is 32.2. The van der Waals surface area contributed by atoms with Crippen molar-refractivity contribution in [3.8, 4) is 27.9 Å². The fraction of sp³-hybridized carbons (Fsp3) is 0.0476. The van der Waals surface area contributed by atoms with Crippen LogP contribution < -0.4 is 5.32 Å². The number of thiophene rings is 1. The first kappa shape index (κ1) is 43.5. The van der Waals surface area contributed by atoms with E-state index in [1.165, 1.54) is 108 Å². The Balaban J connectivity index is 0.000000165. The molecule has 13 rings (SSSR count). The van der Waals surface area contributed by atoms with Crippen LogP contribution in [0.2, 0.25) is 0 Å². The molecule has 0 saturated carbocycles. The van der Waals surface area contributed by atoms with Crippen LogP contribution in [0.15, 0.2) is 233 Å². The Labute approximate surface area is 410 Å². The van der Waals surface area contributed by atoms with Crippen LogP contribution in [0.25, 0.3) is 97.0 Å². The zero-order valence-corrected chi connectivity index (χ0v) is 40.3. The summed E-state index contributed by atoms with van der Waals surface area (Å²) in [5.41, 5.74) is 12.8. The van der Waals surface area contributed by atoms with Crippen molar-refractivity contribution in [2.45, 2.75) is 18.7 Å². The maximum absolute atomic E-state index is 4.83. The standard InChI is InChI=1S/C39H26N2S.C22H16N2S.C2H6/c1-40-34-10-6-12-37-39(34)32-20-17-27(22-38(32)42-37)26-16-19-31-30-9-4-5-11-35(30)41(36(31)21-26)28-18-15-25-14-13-24-7-2-3-8-29(24)33(25)23-28;1-23-15-20-19-9-5-6-10-21(19)25-22(20)24-18-13-11-17(12-14-18)16-7-3-2-4-8-16;1-2/h2-23,40H,1H3;2-15H,1H2;1-2H3/b;20-15-,24-22?;. The number of nitrogens with zero attached hydrogens (tertiary/aromatic N) is 3. The van der Waals surface area contributed by atoms with Gasteiger partial charge in [0.05, 0.1) is 16.7 Å². The Morgan fingerprint density at radius 1 is 0.507 bits per heavy atom. The lowest BCUT2D eigenvalue weighted by Gasteiger charge is -2.12. The summed E-state index contributed by atoms with van der Waals surface area (Å²) in [7, 11) is 2.00. The SMILES string of the molecule is C=N/C=C1\C(=Nc2ccc(-c3ccccc3)cc2)Sc2ccccc21.CC.CNc1cccc2sc3cc(-c4ccc5c6ccccc6n(-c6ccc7ccc8ccccc8c7c6)c5c4)ccc3c12. The third kappa shape index (κ3) is 8.08. The lowest BCUT2D eigenvalue weighted by Crippen LogP contribution is -1.94. The van der Waals surface area contributed by atoms with E-state index in [9.17, 15) is 0 Å². The smallest absolute Gasteiger partial charge is 0.111 e. The van der Waals surface area contributed by atoms with Gasteiger partial charge in [0.2, 0.25) is 0 Å². The summed E-state index contributed by atoms with van der Waals surface area (Å²) in [6, 6.07) is 76.1. The topological polar surface area (TPSA) is 41.7 Å². The number of nitrogens with one attached hydrogen (secondary N) is 1. The lowest BCUT2D eigenvalue weighted by molar-refractivity contribution is 1.19. The van der Waals surface area contributed by atoms with Crippen molar-refractivity contribution in [3.05, 3.63) is 224 Å². The molecule has 10 aromatic carbocycles. The molecule has 1 aliphatic rings. The van der Waals surface area contributed by atoms with Gasteiger partial charge in [-0.15, -0.1) is 11.3 Å². The maximum atomic E-state index is 4.83. The fourth-order valence-electron chi connectivity index (χ4n) is 9.60.